The van der Waals surface area contributed by atoms with Gasteiger partial charge in [-0.3, -0.25) is 9.59 Å². The highest BCUT2D eigenvalue weighted by Gasteiger charge is 2.15. The molecular weight excluding hydrogens is 539 g/mol. The van der Waals surface area contributed by atoms with Gasteiger partial charge in [0.2, 0.25) is 0 Å². The van der Waals surface area contributed by atoms with E-state index in [1.165, 1.54) is 13.0 Å². The number of nitrogens with zero attached hydrogens (tertiary/aromatic N) is 1. The van der Waals surface area contributed by atoms with Crippen molar-refractivity contribution in [2.24, 2.45) is 0 Å². The number of anilines is 1. The molecule has 6 nitrogen and oxygen atoms in total. The second kappa shape index (κ2) is 10.2. The van der Waals surface area contributed by atoms with E-state index >= 15 is 0 Å². The molecule has 2 aromatic rings. The average molecular weight is 555 g/mol. The van der Waals surface area contributed by atoms with E-state index < -0.39 is 11.9 Å². The topological polar surface area (TPSA) is 88.4 Å². The van der Waals surface area contributed by atoms with Crippen molar-refractivity contribution in [2.75, 3.05) is 11.9 Å². The summed E-state index contributed by atoms with van der Waals surface area (Å²) in [6.07, 6.45) is 1.45. The highest BCUT2D eigenvalue weighted by atomic mass is 127. The molecule has 28 heavy (non-hydrogen) atoms. The van der Waals surface area contributed by atoms with Crippen molar-refractivity contribution in [3.63, 3.8) is 0 Å². The summed E-state index contributed by atoms with van der Waals surface area (Å²) < 4.78 is 12.3. The van der Waals surface area contributed by atoms with Crippen molar-refractivity contribution < 1.29 is 19.1 Å². The molecule has 0 spiro atoms. The van der Waals surface area contributed by atoms with Gasteiger partial charge in [0.25, 0.3) is 5.91 Å². The zero-order valence-electron chi connectivity index (χ0n) is 15.1. The molecule has 0 heterocycles. The van der Waals surface area contributed by atoms with Crippen LogP contribution in [0.5, 0.6) is 11.5 Å². The Bertz CT molecular complexity index is 965. The molecule has 144 valence electrons. The summed E-state index contributed by atoms with van der Waals surface area (Å²) >= 11 is 5.33. The Morgan fingerprint density at radius 3 is 2.54 bits per heavy atom. The Kier molecular flexibility index (Phi) is 8.02. The van der Waals surface area contributed by atoms with Gasteiger partial charge in [-0.05, 0) is 77.6 Å². The summed E-state index contributed by atoms with van der Waals surface area (Å²) in [5.74, 6) is -0.318. The first-order chi connectivity index (χ1) is 13.3. The predicted octanol–water partition coefficient (Wildman–Crippen LogP) is 4.92. The highest BCUT2D eigenvalue weighted by Crippen LogP contribution is 2.35. The van der Waals surface area contributed by atoms with Crippen molar-refractivity contribution in [3.8, 4) is 17.6 Å². The van der Waals surface area contributed by atoms with Crippen LogP contribution in [-0.2, 0) is 9.59 Å². The lowest BCUT2D eigenvalue weighted by molar-refractivity contribution is -0.132. The fourth-order valence-corrected chi connectivity index (χ4v) is 3.22. The van der Waals surface area contributed by atoms with Gasteiger partial charge < -0.3 is 14.8 Å². The first-order valence-electron chi connectivity index (χ1n) is 8.17. The van der Waals surface area contributed by atoms with Gasteiger partial charge in [-0.2, -0.15) is 5.26 Å². The smallest absolute Gasteiger partial charge is 0.308 e. The standard InChI is InChI=1S/C20H16BrIN2O4/c1-3-27-18-10-13(9-17(22)19(18)28-12(2)25)8-14(11-23)20(26)24-16-6-4-15(21)5-7-16/h4-10H,3H2,1-2H3,(H,24,26)/b14-8-. The Morgan fingerprint density at radius 1 is 1.29 bits per heavy atom. The maximum absolute atomic E-state index is 12.4. The quantitative estimate of drug-likeness (QED) is 0.180. The predicted molar refractivity (Wildman–Crippen MR) is 118 cm³/mol. The van der Waals surface area contributed by atoms with Crippen LogP contribution in [0.1, 0.15) is 19.4 Å². The van der Waals surface area contributed by atoms with Gasteiger partial charge in [0, 0.05) is 17.1 Å². The van der Waals surface area contributed by atoms with Crippen LogP contribution in [0.4, 0.5) is 5.69 Å². The fourth-order valence-electron chi connectivity index (χ4n) is 2.22. The number of ether oxygens (including phenoxy) is 2. The van der Waals surface area contributed by atoms with Gasteiger partial charge in [0.1, 0.15) is 11.6 Å². The Labute approximate surface area is 184 Å². The maximum atomic E-state index is 12.4. The van der Waals surface area contributed by atoms with E-state index in [9.17, 15) is 14.9 Å². The molecule has 0 fully saturated rings. The van der Waals surface area contributed by atoms with Crippen molar-refractivity contribution in [2.45, 2.75) is 13.8 Å². The molecule has 0 unspecified atom stereocenters. The number of carbonyl (C=O) groups excluding carboxylic acids is 2. The summed E-state index contributed by atoms with van der Waals surface area (Å²) in [4.78, 5) is 23.7. The van der Waals surface area contributed by atoms with Crippen molar-refractivity contribution in [1.29, 1.82) is 5.26 Å². The van der Waals surface area contributed by atoms with E-state index in [0.29, 0.717) is 32.9 Å². The molecule has 1 N–H and O–H groups in total. The zero-order chi connectivity index (χ0) is 20.7. The van der Waals surface area contributed by atoms with E-state index in [-0.39, 0.29) is 5.57 Å². The molecule has 2 aromatic carbocycles. The van der Waals surface area contributed by atoms with E-state index in [0.717, 1.165) is 4.47 Å². The average Bonchev–Trinajstić information content (AvgIpc) is 2.64. The van der Waals surface area contributed by atoms with Crippen LogP contribution in [0.25, 0.3) is 6.08 Å². The minimum atomic E-state index is -0.526. The SMILES string of the molecule is CCOc1cc(/C=C(/C#N)C(=O)Nc2ccc(Br)cc2)cc(I)c1OC(C)=O. The number of rotatable bonds is 6. The highest BCUT2D eigenvalue weighted by molar-refractivity contribution is 14.1. The molecule has 1 amide bonds. The molecule has 0 aromatic heterocycles. The van der Waals surface area contributed by atoms with Gasteiger partial charge in [-0.15, -0.1) is 0 Å². The molecular formula is C20H16BrIN2O4. The summed E-state index contributed by atoms with van der Waals surface area (Å²) in [5.41, 5.74) is 1.08. The third-order valence-electron chi connectivity index (χ3n) is 3.36. The van der Waals surface area contributed by atoms with Gasteiger partial charge in [-0.25, -0.2) is 0 Å². The minimum absolute atomic E-state index is 0.0681. The number of carbonyl (C=O) groups is 2. The number of amides is 1. The number of halogens is 2. The summed E-state index contributed by atoms with van der Waals surface area (Å²) in [5, 5.41) is 12.1. The molecule has 0 aliphatic rings. The first-order valence-corrected chi connectivity index (χ1v) is 10.0. The van der Waals surface area contributed by atoms with Crippen LogP contribution in [0, 0.1) is 14.9 Å². The van der Waals surface area contributed by atoms with E-state index in [2.05, 4.69) is 21.2 Å². The van der Waals surface area contributed by atoms with Crippen LogP contribution in [0.3, 0.4) is 0 Å². The Hall–Kier alpha value is -2.38. The second-order valence-electron chi connectivity index (χ2n) is 5.49. The molecule has 0 saturated heterocycles. The lowest BCUT2D eigenvalue weighted by Gasteiger charge is -2.13. The van der Waals surface area contributed by atoms with E-state index in [1.807, 2.05) is 28.7 Å². The lowest BCUT2D eigenvalue weighted by Crippen LogP contribution is -2.13. The van der Waals surface area contributed by atoms with Crippen LogP contribution < -0.4 is 14.8 Å². The fraction of sp³-hybridized carbons (Fsp3) is 0.150. The van der Waals surface area contributed by atoms with Crippen LogP contribution in [-0.4, -0.2) is 18.5 Å². The van der Waals surface area contributed by atoms with Gasteiger partial charge in [0.05, 0.1) is 10.2 Å². The molecule has 2 rings (SSSR count). The monoisotopic (exact) mass is 554 g/mol. The van der Waals surface area contributed by atoms with Crippen LogP contribution in [0.15, 0.2) is 46.4 Å². The van der Waals surface area contributed by atoms with Crippen LogP contribution in [0.2, 0.25) is 0 Å². The zero-order valence-corrected chi connectivity index (χ0v) is 18.8. The molecule has 0 aliphatic heterocycles. The van der Waals surface area contributed by atoms with Crippen molar-refractivity contribution in [1.82, 2.24) is 0 Å². The summed E-state index contributed by atoms with van der Waals surface area (Å²) in [6.45, 7) is 3.48. The summed E-state index contributed by atoms with van der Waals surface area (Å²) in [7, 11) is 0. The number of nitriles is 1. The number of benzene rings is 2. The Balaban J connectivity index is 2.34. The van der Waals surface area contributed by atoms with E-state index in [1.54, 1.807) is 43.3 Å². The van der Waals surface area contributed by atoms with Crippen molar-refractivity contribution >= 4 is 62.2 Å². The van der Waals surface area contributed by atoms with Gasteiger partial charge >= 0.3 is 5.97 Å². The second-order valence-corrected chi connectivity index (χ2v) is 7.57. The number of esters is 1. The summed E-state index contributed by atoms with van der Waals surface area (Å²) in [6, 6.07) is 12.3. The number of hydrogen-bond donors (Lipinski definition) is 1. The molecule has 0 radical (unpaired) electrons. The molecule has 0 saturated carbocycles. The minimum Gasteiger partial charge on any atom is -0.490 e. The number of nitrogens with one attached hydrogen (secondary N) is 1. The van der Waals surface area contributed by atoms with Crippen LogP contribution >= 0.6 is 38.5 Å². The number of hydrogen-bond acceptors (Lipinski definition) is 5. The normalized spacial score (nSPS) is 10.8. The van der Waals surface area contributed by atoms with Gasteiger partial charge in [0.15, 0.2) is 11.5 Å². The molecule has 0 aliphatic carbocycles. The van der Waals surface area contributed by atoms with Gasteiger partial charge in [-0.1, -0.05) is 15.9 Å². The third-order valence-corrected chi connectivity index (χ3v) is 4.69. The lowest BCUT2D eigenvalue weighted by atomic mass is 10.1. The van der Waals surface area contributed by atoms with E-state index in [4.69, 9.17) is 9.47 Å². The van der Waals surface area contributed by atoms with Crippen molar-refractivity contribution in [3.05, 3.63) is 55.6 Å². The Morgan fingerprint density at radius 2 is 1.96 bits per heavy atom. The molecule has 0 bridgehead atoms. The first kappa shape index (κ1) is 21.9. The maximum Gasteiger partial charge on any atom is 0.308 e. The largest absolute Gasteiger partial charge is 0.490 e. The molecule has 8 heteroatoms. The third kappa shape index (κ3) is 6.07. The molecule has 0 atom stereocenters.